The van der Waals surface area contributed by atoms with Crippen LogP contribution < -0.4 is 5.32 Å². The molecule has 17 heavy (non-hydrogen) atoms. The highest BCUT2D eigenvalue weighted by Crippen LogP contribution is 2.30. The lowest BCUT2D eigenvalue weighted by molar-refractivity contribution is 0.262. The molecule has 0 atom stereocenters. The number of hydrogen-bond acceptors (Lipinski definition) is 2. The summed E-state index contributed by atoms with van der Waals surface area (Å²) in [5, 5.41) is 3.61. The van der Waals surface area contributed by atoms with Crippen molar-refractivity contribution < 1.29 is 0 Å². The summed E-state index contributed by atoms with van der Waals surface area (Å²) in [6.07, 6.45) is 7.14. The van der Waals surface area contributed by atoms with Crippen LogP contribution in [0, 0.1) is 11.8 Å². The third kappa shape index (κ3) is 4.38. The van der Waals surface area contributed by atoms with Crippen LogP contribution >= 0.6 is 27.3 Å². The largest absolute Gasteiger partial charge is 0.312 e. The van der Waals surface area contributed by atoms with E-state index in [0.717, 1.165) is 18.4 Å². The van der Waals surface area contributed by atoms with E-state index < -0.39 is 0 Å². The van der Waals surface area contributed by atoms with Gasteiger partial charge in [0.1, 0.15) is 0 Å². The Hall–Kier alpha value is 0.140. The van der Waals surface area contributed by atoms with Crippen LogP contribution in [-0.4, -0.2) is 6.54 Å². The standard InChI is InChI=1S/C14H22BrNS/c1-2-11-3-5-12(6-4-11)9-16-10-13-7-8-14(15)17-13/h7-8,11-12,16H,2-6,9-10H2,1H3. The van der Waals surface area contributed by atoms with Gasteiger partial charge < -0.3 is 5.32 Å². The molecule has 0 spiro atoms. The molecule has 0 bridgehead atoms. The molecule has 96 valence electrons. The van der Waals surface area contributed by atoms with Crippen LogP contribution in [0.15, 0.2) is 15.9 Å². The number of rotatable bonds is 5. The first-order valence-electron chi connectivity index (χ1n) is 6.73. The lowest BCUT2D eigenvalue weighted by Gasteiger charge is -2.27. The average molecular weight is 316 g/mol. The lowest BCUT2D eigenvalue weighted by Crippen LogP contribution is -2.25. The molecule has 1 aromatic heterocycles. The van der Waals surface area contributed by atoms with Crippen molar-refractivity contribution in [3.05, 3.63) is 20.8 Å². The van der Waals surface area contributed by atoms with Gasteiger partial charge in [-0.2, -0.15) is 0 Å². The molecule has 1 nitrogen and oxygen atoms in total. The fourth-order valence-corrected chi connectivity index (χ4v) is 4.14. The van der Waals surface area contributed by atoms with Crippen molar-refractivity contribution in [1.82, 2.24) is 5.32 Å². The Bertz CT molecular complexity index is 329. The first-order chi connectivity index (χ1) is 8.28. The van der Waals surface area contributed by atoms with E-state index in [0.29, 0.717) is 0 Å². The number of hydrogen-bond donors (Lipinski definition) is 1. The minimum Gasteiger partial charge on any atom is -0.312 e. The fraction of sp³-hybridized carbons (Fsp3) is 0.714. The van der Waals surface area contributed by atoms with Crippen molar-refractivity contribution in [2.24, 2.45) is 11.8 Å². The molecule has 3 heteroatoms. The highest BCUT2D eigenvalue weighted by Gasteiger charge is 2.19. The Morgan fingerprint density at radius 2 is 1.94 bits per heavy atom. The Morgan fingerprint density at radius 1 is 1.24 bits per heavy atom. The van der Waals surface area contributed by atoms with Gasteiger partial charge in [-0.15, -0.1) is 11.3 Å². The Labute approximate surface area is 117 Å². The zero-order valence-electron chi connectivity index (χ0n) is 10.5. The van der Waals surface area contributed by atoms with Crippen LogP contribution in [0.4, 0.5) is 0 Å². The van der Waals surface area contributed by atoms with E-state index in [-0.39, 0.29) is 0 Å². The third-order valence-electron chi connectivity index (χ3n) is 3.90. The normalized spacial score (nSPS) is 25.1. The van der Waals surface area contributed by atoms with E-state index >= 15 is 0 Å². The molecule has 1 aliphatic carbocycles. The maximum absolute atomic E-state index is 3.61. The molecule has 1 heterocycles. The van der Waals surface area contributed by atoms with Gasteiger partial charge in [0.15, 0.2) is 0 Å². The maximum Gasteiger partial charge on any atom is 0.0701 e. The first-order valence-corrected chi connectivity index (χ1v) is 8.33. The predicted molar refractivity (Wildman–Crippen MR) is 79.5 cm³/mol. The van der Waals surface area contributed by atoms with E-state index in [4.69, 9.17) is 0 Å². The molecule has 0 radical (unpaired) electrons. The number of halogens is 1. The molecule has 1 N–H and O–H groups in total. The molecule has 1 saturated carbocycles. The van der Waals surface area contributed by atoms with Gasteiger partial charge in [-0.05, 0) is 59.3 Å². The summed E-state index contributed by atoms with van der Waals surface area (Å²) >= 11 is 5.34. The molecule has 0 aromatic carbocycles. The van der Waals surface area contributed by atoms with Crippen LogP contribution in [0.5, 0.6) is 0 Å². The zero-order chi connectivity index (χ0) is 12.1. The van der Waals surface area contributed by atoms with E-state index in [1.165, 1.54) is 47.3 Å². The molecule has 1 aliphatic rings. The molecule has 0 saturated heterocycles. The number of nitrogens with one attached hydrogen (secondary N) is 1. The van der Waals surface area contributed by atoms with Gasteiger partial charge in [0, 0.05) is 11.4 Å². The van der Waals surface area contributed by atoms with E-state index in [2.05, 4.69) is 40.3 Å². The van der Waals surface area contributed by atoms with Crippen molar-refractivity contribution in [3.8, 4) is 0 Å². The molecular weight excluding hydrogens is 294 g/mol. The van der Waals surface area contributed by atoms with Gasteiger partial charge in [-0.3, -0.25) is 0 Å². The van der Waals surface area contributed by atoms with Crippen molar-refractivity contribution in [2.75, 3.05) is 6.54 Å². The summed E-state index contributed by atoms with van der Waals surface area (Å²) in [6.45, 7) is 4.56. The smallest absolute Gasteiger partial charge is 0.0701 e. The molecule has 1 fully saturated rings. The molecule has 2 rings (SSSR count). The lowest BCUT2D eigenvalue weighted by atomic mass is 9.81. The second-order valence-electron chi connectivity index (χ2n) is 5.13. The first kappa shape index (κ1) is 13.6. The third-order valence-corrected chi connectivity index (χ3v) is 5.53. The highest BCUT2D eigenvalue weighted by atomic mass is 79.9. The summed E-state index contributed by atoms with van der Waals surface area (Å²) in [4.78, 5) is 1.43. The predicted octanol–water partition coefficient (Wildman–Crippen LogP) is 4.82. The van der Waals surface area contributed by atoms with Crippen LogP contribution in [0.25, 0.3) is 0 Å². The van der Waals surface area contributed by atoms with Crippen molar-refractivity contribution in [3.63, 3.8) is 0 Å². The monoisotopic (exact) mass is 315 g/mol. The topological polar surface area (TPSA) is 12.0 Å². The summed E-state index contributed by atoms with van der Waals surface area (Å²) in [5.74, 6) is 1.93. The second kappa shape index (κ2) is 6.91. The summed E-state index contributed by atoms with van der Waals surface area (Å²) in [6, 6.07) is 4.34. The Balaban J connectivity index is 1.63. The van der Waals surface area contributed by atoms with Crippen LogP contribution in [-0.2, 0) is 6.54 Å². The van der Waals surface area contributed by atoms with Crippen molar-refractivity contribution >= 4 is 27.3 Å². The summed E-state index contributed by atoms with van der Waals surface area (Å²) in [5.41, 5.74) is 0. The highest BCUT2D eigenvalue weighted by molar-refractivity contribution is 9.11. The Morgan fingerprint density at radius 3 is 2.53 bits per heavy atom. The molecule has 0 amide bonds. The molecule has 0 unspecified atom stereocenters. The molecule has 0 aliphatic heterocycles. The van der Waals surface area contributed by atoms with Crippen LogP contribution in [0.2, 0.25) is 0 Å². The van der Waals surface area contributed by atoms with E-state index in [9.17, 15) is 0 Å². The minimum absolute atomic E-state index is 0.918. The average Bonchev–Trinajstić information content (AvgIpc) is 2.76. The Kier molecular flexibility index (Phi) is 5.51. The molecular formula is C14H22BrNS. The van der Waals surface area contributed by atoms with Gasteiger partial charge in [-0.1, -0.05) is 26.2 Å². The zero-order valence-corrected chi connectivity index (χ0v) is 12.9. The SMILES string of the molecule is CCC1CCC(CNCc2ccc(Br)s2)CC1. The van der Waals surface area contributed by atoms with Crippen molar-refractivity contribution in [1.29, 1.82) is 0 Å². The quantitative estimate of drug-likeness (QED) is 0.821. The van der Waals surface area contributed by atoms with Crippen LogP contribution in [0.3, 0.4) is 0 Å². The van der Waals surface area contributed by atoms with Crippen LogP contribution in [0.1, 0.15) is 43.9 Å². The second-order valence-corrected chi connectivity index (χ2v) is 7.68. The molecule has 1 aromatic rings. The van der Waals surface area contributed by atoms with Crippen molar-refractivity contribution in [2.45, 2.75) is 45.6 Å². The van der Waals surface area contributed by atoms with E-state index in [1.807, 2.05) is 11.3 Å². The van der Waals surface area contributed by atoms with Gasteiger partial charge in [0.2, 0.25) is 0 Å². The fourth-order valence-electron chi connectivity index (χ4n) is 2.69. The summed E-state index contributed by atoms with van der Waals surface area (Å²) < 4.78 is 1.23. The van der Waals surface area contributed by atoms with Gasteiger partial charge in [0.05, 0.1) is 3.79 Å². The maximum atomic E-state index is 3.61. The number of thiophene rings is 1. The van der Waals surface area contributed by atoms with E-state index in [1.54, 1.807) is 0 Å². The van der Waals surface area contributed by atoms with Gasteiger partial charge in [-0.25, -0.2) is 0 Å². The van der Waals surface area contributed by atoms with Gasteiger partial charge >= 0.3 is 0 Å². The van der Waals surface area contributed by atoms with Gasteiger partial charge in [0.25, 0.3) is 0 Å². The summed E-state index contributed by atoms with van der Waals surface area (Å²) in [7, 11) is 0. The minimum atomic E-state index is 0.918.